The lowest BCUT2D eigenvalue weighted by Gasteiger charge is -2.14. The zero-order valence-electron chi connectivity index (χ0n) is 10.8. The number of anilines is 2. The van der Waals surface area contributed by atoms with Gasteiger partial charge >= 0.3 is 0 Å². The third-order valence-electron chi connectivity index (χ3n) is 2.62. The summed E-state index contributed by atoms with van der Waals surface area (Å²) in [5.74, 6) is 7.50. The monoisotopic (exact) mass is 297 g/mol. The minimum absolute atomic E-state index is 0.128. The fraction of sp³-hybridized carbons (Fsp3) is 0.333. The molecule has 0 aliphatic rings. The van der Waals surface area contributed by atoms with Gasteiger partial charge in [-0.2, -0.15) is 0 Å². The van der Waals surface area contributed by atoms with E-state index in [1.54, 1.807) is 17.4 Å². The molecule has 1 atom stereocenters. The molecule has 0 saturated heterocycles. The maximum atomic E-state index is 5.94. The second-order valence-electron chi connectivity index (χ2n) is 4.06. The van der Waals surface area contributed by atoms with Crippen LogP contribution < -0.4 is 16.6 Å². The van der Waals surface area contributed by atoms with Crippen molar-refractivity contribution in [2.24, 2.45) is 5.84 Å². The van der Waals surface area contributed by atoms with E-state index in [2.05, 4.69) is 27.6 Å². The van der Waals surface area contributed by atoms with Crippen LogP contribution in [0, 0.1) is 0 Å². The molecule has 2 aromatic rings. The summed E-state index contributed by atoms with van der Waals surface area (Å²) in [6.07, 6.45) is 0.753. The van der Waals surface area contributed by atoms with Gasteiger partial charge in [-0.15, -0.1) is 11.3 Å². The van der Waals surface area contributed by atoms with E-state index in [0.29, 0.717) is 5.82 Å². The Labute approximate surface area is 121 Å². The highest BCUT2D eigenvalue weighted by Crippen LogP contribution is 2.28. The lowest BCUT2D eigenvalue weighted by Crippen LogP contribution is -2.13. The highest BCUT2D eigenvalue weighted by molar-refractivity contribution is 7.16. The minimum atomic E-state index is 0.128. The van der Waals surface area contributed by atoms with Crippen LogP contribution in [0.4, 0.5) is 11.6 Å². The number of nitrogens with zero attached hydrogens (tertiary/aromatic N) is 2. The molecule has 0 radical (unpaired) electrons. The number of nitrogens with one attached hydrogen (secondary N) is 2. The van der Waals surface area contributed by atoms with Crippen molar-refractivity contribution in [3.63, 3.8) is 0 Å². The molecular weight excluding hydrogens is 282 g/mol. The largest absolute Gasteiger partial charge is 0.363 e. The molecule has 2 aromatic heterocycles. The number of hydrazine groups is 1. The van der Waals surface area contributed by atoms with Gasteiger partial charge in [0.25, 0.3) is 0 Å². The first-order chi connectivity index (χ1) is 9.12. The fourth-order valence-electron chi connectivity index (χ4n) is 1.66. The molecular formula is C12H16ClN5S. The van der Waals surface area contributed by atoms with Crippen LogP contribution in [-0.2, 0) is 6.42 Å². The van der Waals surface area contributed by atoms with E-state index in [-0.39, 0.29) is 6.04 Å². The van der Waals surface area contributed by atoms with Gasteiger partial charge in [-0.05, 0) is 19.1 Å². The highest BCUT2D eigenvalue weighted by atomic mass is 35.5. The van der Waals surface area contributed by atoms with E-state index in [1.165, 1.54) is 0 Å². The van der Waals surface area contributed by atoms with Gasteiger partial charge < -0.3 is 10.7 Å². The van der Waals surface area contributed by atoms with Crippen LogP contribution in [0.25, 0.3) is 0 Å². The number of thiophene rings is 1. The number of rotatable bonds is 5. The van der Waals surface area contributed by atoms with Gasteiger partial charge in [0.2, 0.25) is 0 Å². The summed E-state index contributed by atoms with van der Waals surface area (Å²) < 4.78 is 0.782. The van der Waals surface area contributed by atoms with E-state index >= 15 is 0 Å². The second kappa shape index (κ2) is 6.18. The van der Waals surface area contributed by atoms with Crippen molar-refractivity contribution in [2.45, 2.75) is 26.3 Å². The summed E-state index contributed by atoms with van der Waals surface area (Å²) in [4.78, 5) is 9.83. The van der Waals surface area contributed by atoms with E-state index in [9.17, 15) is 0 Å². The number of nitrogens with two attached hydrogens (primary N) is 1. The van der Waals surface area contributed by atoms with Crippen molar-refractivity contribution >= 4 is 34.6 Å². The van der Waals surface area contributed by atoms with Gasteiger partial charge in [0, 0.05) is 17.4 Å². The Hall–Kier alpha value is -1.37. The lowest BCUT2D eigenvalue weighted by molar-refractivity contribution is 0.872. The van der Waals surface area contributed by atoms with Crippen LogP contribution in [0.3, 0.4) is 0 Å². The molecule has 0 saturated carbocycles. The molecule has 19 heavy (non-hydrogen) atoms. The average molecular weight is 298 g/mol. The summed E-state index contributed by atoms with van der Waals surface area (Å²) in [6, 6.07) is 5.81. The first-order valence-corrected chi connectivity index (χ1v) is 7.18. The SMILES string of the molecule is CCc1nc(NN)cc(NC(C)c2ccc(Cl)s2)n1. The van der Waals surface area contributed by atoms with Crippen molar-refractivity contribution in [1.82, 2.24) is 9.97 Å². The lowest BCUT2D eigenvalue weighted by atomic mass is 10.3. The molecule has 2 rings (SSSR count). The zero-order chi connectivity index (χ0) is 13.8. The second-order valence-corrected chi connectivity index (χ2v) is 5.81. The Kier molecular flexibility index (Phi) is 4.57. The fourth-order valence-corrected chi connectivity index (χ4v) is 2.72. The normalized spacial score (nSPS) is 12.2. The standard InChI is InChI=1S/C12H16ClN5S/c1-3-10-16-11(6-12(17-10)18-14)15-7(2)8-4-5-9(13)19-8/h4-7H,3,14H2,1-2H3,(H2,15,16,17,18). The molecule has 4 N–H and O–H groups in total. The Morgan fingerprint density at radius 2 is 2.11 bits per heavy atom. The Balaban J connectivity index is 2.18. The molecule has 0 aliphatic carbocycles. The van der Waals surface area contributed by atoms with E-state index < -0.39 is 0 Å². The van der Waals surface area contributed by atoms with Crippen LogP contribution in [-0.4, -0.2) is 9.97 Å². The van der Waals surface area contributed by atoms with Crippen LogP contribution in [0.1, 0.15) is 30.6 Å². The number of halogens is 1. The number of nitrogen functional groups attached to an aromatic ring is 1. The molecule has 0 amide bonds. The average Bonchev–Trinajstić information content (AvgIpc) is 2.85. The quantitative estimate of drug-likeness (QED) is 0.583. The summed E-state index contributed by atoms with van der Waals surface area (Å²) in [5.41, 5.74) is 2.55. The number of hydrogen-bond acceptors (Lipinski definition) is 6. The molecule has 102 valence electrons. The maximum absolute atomic E-state index is 5.94. The molecule has 5 nitrogen and oxygen atoms in total. The van der Waals surface area contributed by atoms with Gasteiger partial charge in [-0.1, -0.05) is 18.5 Å². The van der Waals surface area contributed by atoms with Gasteiger partial charge in [0.1, 0.15) is 17.5 Å². The Morgan fingerprint density at radius 1 is 1.37 bits per heavy atom. The van der Waals surface area contributed by atoms with Crippen molar-refractivity contribution in [1.29, 1.82) is 0 Å². The Bertz CT molecular complexity index is 535. The van der Waals surface area contributed by atoms with Crippen molar-refractivity contribution in [3.8, 4) is 0 Å². The minimum Gasteiger partial charge on any atom is -0.363 e. The third-order valence-corrected chi connectivity index (χ3v) is 4.04. The number of aryl methyl sites for hydroxylation is 1. The highest BCUT2D eigenvalue weighted by Gasteiger charge is 2.10. The topological polar surface area (TPSA) is 75.9 Å². The summed E-state index contributed by atoms with van der Waals surface area (Å²) in [6.45, 7) is 4.06. The first kappa shape index (κ1) is 14.0. The van der Waals surface area contributed by atoms with E-state index in [4.69, 9.17) is 17.4 Å². The summed E-state index contributed by atoms with van der Waals surface area (Å²) >= 11 is 7.50. The van der Waals surface area contributed by atoms with Crippen LogP contribution in [0.5, 0.6) is 0 Å². The number of hydrogen-bond donors (Lipinski definition) is 3. The molecule has 7 heteroatoms. The predicted molar refractivity (Wildman–Crippen MR) is 80.6 cm³/mol. The van der Waals surface area contributed by atoms with Gasteiger partial charge in [-0.25, -0.2) is 15.8 Å². The van der Waals surface area contributed by atoms with Gasteiger partial charge in [0.15, 0.2) is 0 Å². The molecule has 0 aliphatic heterocycles. The van der Waals surface area contributed by atoms with Crippen molar-refractivity contribution in [3.05, 3.63) is 33.2 Å². The zero-order valence-corrected chi connectivity index (χ0v) is 12.3. The molecule has 0 bridgehead atoms. The van der Waals surface area contributed by atoms with Crippen molar-refractivity contribution < 1.29 is 0 Å². The van der Waals surface area contributed by atoms with Crippen LogP contribution in [0.15, 0.2) is 18.2 Å². The first-order valence-electron chi connectivity index (χ1n) is 5.98. The molecule has 0 fully saturated rings. The smallest absolute Gasteiger partial charge is 0.145 e. The molecule has 2 heterocycles. The Morgan fingerprint density at radius 3 is 2.68 bits per heavy atom. The van der Waals surface area contributed by atoms with E-state index in [0.717, 1.165) is 27.3 Å². The predicted octanol–water partition coefficient (Wildman–Crippen LogP) is 3.21. The van der Waals surface area contributed by atoms with Gasteiger partial charge in [-0.3, -0.25) is 0 Å². The molecule has 0 spiro atoms. The maximum Gasteiger partial charge on any atom is 0.145 e. The molecule has 1 unspecified atom stereocenters. The number of aromatic nitrogens is 2. The van der Waals surface area contributed by atoms with Crippen LogP contribution in [0.2, 0.25) is 4.34 Å². The molecule has 0 aromatic carbocycles. The van der Waals surface area contributed by atoms with Gasteiger partial charge in [0.05, 0.1) is 10.4 Å². The summed E-state index contributed by atoms with van der Waals surface area (Å²) in [5, 5.41) is 3.33. The third kappa shape index (κ3) is 3.56. The van der Waals surface area contributed by atoms with Crippen molar-refractivity contribution in [2.75, 3.05) is 10.7 Å². The summed E-state index contributed by atoms with van der Waals surface area (Å²) in [7, 11) is 0. The van der Waals surface area contributed by atoms with Crippen LogP contribution >= 0.6 is 22.9 Å². The van der Waals surface area contributed by atoms with E-state index in [1.807, 2.05) is 19.1 Å².